The molecule has 392 valence electrons. The van der Waals surface area contributed by atoms with Gasteiger partial charge in [-0.25, -0.2) is 18.9 Å². The fraction of sp³-hybridized carbons (Fsp3) is 0.471. The third-order valence-electron chi connectivity index (χ3n) is 12.5. The van der Waals surface area contributed by atoms with Crippen LogP contribution in [0.5, 0.6) is 0 Å². The van der Waals surface area contributed by atoms with Crippen LogP contribution in [-0.2, 0) is 46.1 Å². The Balaban J connectivity index is 0.837. The van der Waals surface area contributed by atoms with Gasteiger partial charge in [0.1, 0.15) is 11.6 Å². The summed E-state index contributed by atoms with van der Waals surface area (Å²) < 4.78 is 78.7. The van der Waals surface area contributed by atoms with Crippen LogP contribution in [0.1, 0.15) is 77.7 Å². The first-order chi connectivity index (χ1) is 35.3. The number of ether oxygens (including phenoxy) is 4. The van der Waals surface area contributed by atoms with Crippen molar-refractivity contribution in [3.05, 3.63) is 113 Å². The SMILES string of the molecule is CCN1C(=O)C(C=NC(=O)c2cccc(C(F)(F)F)c2)[C@@H](c2ccc(F)cc2)c2c(CNC(=O)CCOCCOCCOCCOCCNC(=O)CCCCC3SCC4NC(=O)NC43)nn(-c3ccccc3)c21. The van der Waals surface area contributed by atoms with E-state index in [2.05, 4.69) is 26.3 Å². The van der Waals surface area contributed by atoms with Crippen molar-refractivity contribution >= 4 is 53.5 Å². The van der Waals surface area contributed by atoms with E-state index in [9.17, 15) is 41.5 Å². The Bertz CT molecular complexity index is 2530. The molecule has 3 aliphatic rings. The molecule has 0 radical (unpaired) electrons. The molecule has 3 aliphatic heterocycles. The van der Waals surface area contributed by atoms with E-state index in [-0.39, 0.29) is 74.8 Å². The predicted molar refractivity (Wildman–Crippen MR) is 264 cm³/mol. The molecule has 4 aromatic rings. The number of para-hydroxylation sites is 1. The van der Waals surface area contributed by atoms with E-state index in [1.807, 2.05) is 17.8 Å². The number of amides is 6. The van der Waals surface area contributed by atoms with Crippen molar-refractivity contribution in [2.75, 3.05) is 76.6 Å². The number of aromatic nitrogens is 2. The smallest absolute Gasteiger partial charge is 0.379 e. The number of halogens is 4. The molecule has 0 spiro atoms. The normalized spacial score (nSPS) is 19.4. The van der Waals surface area contributed by atoms with Crippen molar-refractivity contribution in [3.63, 3.8) is 0 Å². The van der Waals surface area contributed by atoms with Crippen molar-refractivity contribution in [2.24, 2.45) is 10.9 Å². The first-order valence-corrected chi connectivity index (χ1v) is 25.4. The second-order valence-electron chi connectivity index (χ2n) is 17.4. The van der Waals surface area contributed by atoms with Crippen molar-refractivity contribution in [2.45, 2.75) is 75.0 Å². The molecule has 4 unspecified atom stereocenters. The van der Waals surface area contributed by atoms with Crippen LogP contribution < -0.4 is 26.2 Å². The molecular formula is C51H60F4N8O9S. The summed E-state index contributed by atoms with van der Waals surface area (Å²) in [5.41, 5.74) is 0.596. The van der Waals surface area contributed by atoms with Gasteiger partial charge in [0.15, 0.2) is 0 Å². The van der Waals surface area contributed by atoms with E-state index in [1.165, 1.54) is 35.2 Å². The van der Waals surface area contributed by atoms with Crippen molar-refractivity contribution in [3.8, 4) is 5.69 Å². The second kappa shape index (κ2) is 26.7. The number of carbonyl (C=O) groups is 5. The Kier molecular flexibility index (Phi) is 19.9. The zero-order chi connectivity index (χ0) is 51.7. The lowest BCUT2D eigenvalue weighted by atomic mass is 9.77. The monoisotopic (exact) mass is 1040 g/mol. The summed E-state index contributed by atoms with van der Waals surface area (Å²) in [7, 11) is 0. The van der Waals surface area contributed by atoms with E-state index in [4.69, 9.17) is 24.0 Å². The third kappa shape index (κ3) is 15.0. The predicted octanol–water partition coefficient (Wildman–Crippen LogP) is 5.97. The highest BCUT2D eigenvalue weighted by molar-refractivity contribution is 8.00. The lowest BCUT2D eigenvalue weighted by molar-refractivity contribution is -0.137. The highest BCUT2D eigenvalue weighted by Gasteiger charge is 2.45. The highest BCUT2D eigenvalue weighted by Crippen LogP contribution is 2.46. The van der Waals surface area contributed by atoms with E-state index >= 15 is 0 Å². The van der Waals surface area contributed by atoms with E-state index in [0.29, 0.717) is 85.6 Å². The molecule has 7 rings (SSSR count). The first-order valence-electron chi connectivity index (χ1n) is 24.3. The summed E-state index contributed by atoms with van der Waals surface area (Å²) in [5.74, 6) is -3.17. The van der Waals surface area contributed by atoms with Gasteiger partial charge in [-0.2, -0.15) is 30.0 Å². The molecule has 5 atom stereocenters. The molecule has 0 saturated carbocycles. The summed E-state index contributed by atoms with van der Waals surface area (Å²) in [6.07, 6.45) is -0.438. The lowest BCUT2D eigenvalue weighted by Crippen LogP contribution is -2.45. The maximum Gasteiger partial charge on any atom is 0.416 e. The van der Waals surface area contributed by atoms with Crippen molar-refractivity contribution < 1.29 is 60.5 Å². The Hall–Kier alpha value is -6.20. The molecule has 17 nitrogen and oxygen atoms in total. The standard InChI is InChI=1S/C51H60F4N8O9S/c1-2-62-48-45(44(33-15-17-36(52)18-16-33)38(49(62)67)30-58-47(66)34-9-8-10-35(29-34)51(53,54)55)39(61-63(48)37-11-4-3-5-12-37)31-57-43(65)19-21-69-23-25-71-27-28-72-26-24-70-22-20-56-42(64)14-7-6-13-41-46-40(32-73-41)59-50(68)60-46/h3-5,8-12,15-18,29-30,38,40-41,44,46H,2,6-7,13-14,19-28,31-32H2,1H3,(H,56,64)(H,57,65)(H2,59,60,68)/t38?,40?,41?,44-,46?/m1/s1. The van der Waals surface area contributed by atoms with E-state index in [0.717, 1.165) is 43.4 Å². The van der Waals surface area contributed by atoms with Gasteiger partial charge in [-0.3, -0.25) is 24.1 Å². The summed E-state index contributed by atoms with van der Waals surface area (Å²) in [4.78, 5) is 70.2. The Labute approximate surface area is 424 Å². The lowest BCUT2D eigenvalue weighted by Gasteiger charge is -2.36. The molecule has 4 N–H and O–H groups in total. The molecule has 1 aromatic heterocycles. The Morgan fingerprint density at radius 3 is 2.22 bits per heavy atom. The number of hydrogen-bond acceptors (Lipinski definition) is 11. The molecule has 2 fully saturated rings. The molecule has 4 heterocycles. The van der Waals surface area contributed by atoms with Gasteiger partial charge in [0.05, 0.1) is 94.3 Å². The number of anilines is 1. The number of nitrogens with one attached hydrogen (secondary N) is 4. The van der Waals surface area contributed by atoms with Crippen LogP contribution >= 0.6 is 11.8 Å². The summed E-state index contributed by atoms with van der Waals surface area (Å²) in [5, 5.41) is 17.0. The first kappa shape index (κ1) is 54.6. The number of rotatable bonds is 27. The van der Waals surface area contributed by atoms with Crippen LogP contribution in [0.4, 0.5) is 28.2 Å². The number of aliphatic imine (C=N–C) groups is 1. The van der Waals surface area contributed by atoms with Crippen LogP contribution in [0.3, 0.4) is 0 Å². The van der Waals surface area contributed by atoms with Gasteiger partial charge in [-0.1, -0.05) is 42.8 Å². The van der Waals surface area contributed by atoms with E-state index in [1.54, 1.807) is 35.9 Å². The number of urea groups is 1. The number of nitrogens with zero attached hydrogens (tertiary/aromatic N) is 4. The number of hydrogen-bond donors (Lipinski definition) is 4. The minimum absolute atomic E-state index is 0.00377. The number of benzene rings is 3. The molecule has 3 aromatic carbocycles. The van der Waals surface area contributed by atoms with Gasteiger partial charge in [0.25, 0.3) is 5.91 Å². The largest absolute Gasteiger partial charge is 0.416 e. The average Bonchev–Trinajstić information content (AvgIpc) is 4.07. The fourth-order valence-electron chi connectivity index (χ4n) is 8.90. The molecule has 0 aliphatic carbocycles. The van der Waals surface area contributed by atoms with Gasteiger partial charge in [-0.05, 0) is 67.8 Å². The van der Waals surface area contributed by atoms with E-state index < -0.39 is 41.2 Å². The minimum Gasteiger partial charge on any atom is -0.379 e. The quantitative estimate of drug-likeness (QED) is 0.0237. The maximum atomic E-state index is 14.5. The number of fused-ring (bicyclic) bond motifs is 2. The number of carbonyl (C=O) groups excluding carboxylic acids is 5. The second-order valence-corrected chi connectivity index (χ2v) is 18.7. The van der Waals surface area contributed by atoms with Crippen LogP contribution in [-0.4, -0.2) is 135 Å². The van der Waals surface area contributed by atoms with Gasteiger partial charge < -0.3 is 40.2 Å². The van der Waals surface area contributed by atoms with Crippen molar-refractivity contribution in [1.29, 1.82) is 0 Å². The zero-order valence-corrected chi connectivity index (χ0v) is 41.2. The molecule has 22 heteroatoms. The molecule has 6 amide bonds. The minimum atomic E-state index is -4.70. The van der Waals surface area contributed by atoms with Crippen LogP contribution in [0.25, 0.3) is 5.69 Å². The van der Waals surface area contributed by atoms with Gasteiger partial charge in [-0.15, -0.1) is 0 Å². The molecule has 73 heavy (non-hydrogen) atoms. The van der Waals surface area contributed by atoms with Crippen LogP contribution in [0, 0.1) is 11.7 Å². The third-order valence-corrected chi connectivity index (χ3v) is 14.0. The molecule has 0 bridgehead atoms. The van der Waals surface area contributed by atoms with Gasteiger partial charge in [0, 0.05) is 60.2 Å². The van der Waals surface area contributed by atoms with Crippen LogP contribution in [0.15, 0.2) is 83.9 Å². The molecular weight excluding hydrogens is 977 g/mol. The fourth-order valence-corrected chi connectivity index (χ4v) is 10.4. The number of thioether (sulfide) groups is 1. The Morgan fingerprint density at radius 2 is 1.52 bits per heavy atom. The maximum absolute atomic E-state index is 14.5. The number of unbranched alkanes of at least 4 members (excludes halogenated alkanes) is 1. The van der Waals surface area contributed by atoms with Gasteiger partial charge in [0.2, 0.25) is 17.7 Å². The summed E-state index contributed by atoms with van der Waals surface area (Å²) >= 11 is 1.87. The highest BCUT2D eigenvalue weighted by atomic mass is 32.2. The number of alkyl halides is 3. The summed E-state index contributed by atoms with van der Waals surface area (Å²) in [6.45, 7) is 4.58. The van der Waals surface area contributed by atoms with Crippen molar-refractivity contribution in [1.82, 2.24) is 31.0 Å². The zero-order valence-electron chi connectivity index (χ0n) is 40.4. The topological polar surface area (TPSA) is 204 Å². The average molecular weight is 1040 g/mol. The molecule has 2 saturated heterocycles. The van der Waals surface area contributed by atoms with Crippen LogP contribution in [0.2, 0.25) is 0 Å². The Morgan fingerprint density at radius 1 is 0.836 bits per heavy atom. The summed E-state index contributed by atoms with van der Waals surface area (Å²) in [6, 6.07) is 18.6. The van der Waals surface area contributed by atoms with Gasteiger partial charge >= 0.3 is 12.2 Å².